The van der Waals surface area contributed by atoms with E-state index in [1.807, 2.05) is 16.7 Å². The molecule has 1 heterocycles. The Labute approximate surface area is 127 Å². The fourth-order valence-corrected chi connectivity index (χ4v) is 3.42. The number of nitrogens with zero attached hydrogens (tertiary/aromatic N) is 2. The molecule has 2 aliphatic rings. The average Bonchev–Trinajstić information content (AvgIpc) is 2.72. The third-order valence-corrected chi connectivity index (χ3v) is 4.77. The summed E-state index contributed by atoms with van der Waals surface area (Å²) >= 11 is 0. The first-order chi connectivity index (χ1) is 10.0. The molecule has 0 unspecified atom stereocenters. The van der Waals surface area contributed by atoms with Gasteiger partial charge in [-0.15, -0.1) is 0 Å². The standard InChI is InChI=1S/C16H28N2O3/c1-2-14(19)17-9-6-10-18(12-11-17)15(20)13-16(21)7-4-3-5-8-16/h21H,2-13H2,1H3. The Hall–Kier alpha value is -1.10. The summed E-state index contributed by atoms with van der Waals surface area (Å²) in [5.41, 5.74) is -0.791. The van der Waals surface area contributed by atoms with Crippen molar-refractivity contribution >= 4 is 11.8 Å². The molecule has 0 bridgehead atoms. The van der Waals surface area contributed by atoms with Crippen LogP contribution in [0.1, 0.15) is 58.3 Å². The maximum atomic E-state index is 12.4. The number of carbonyl (C=O) groups excluding carboxylic acids is 2. The van der Waals surface area contributed by atoms with E-state index in [1.54, 1.807) is 0 Å². The van der Waals surface area contributed by atoms with Gasteiger partial charge in [0, 0.05) is 32.6 Å². The van der Waals surface area contributed by atoms with Crippen LogP contribution < -0.4 is 0 Å². The number of amides is 2. The third-order valence-electron chi connectivity index (χ3n) is 4.77. The van der Waals surface area contributed by atoms with Gasteiger partial charge in [0.1, 0.15) is 0 Å². The van der Waals surface area contributed by atoms with Crippen LogP contribution in [-0.2, 0) is 9.59 Å². The van der Waals surface area contributed by atoms with E-state index in [0.29, 0.717) is 26.1 Å². The molecule has 21 heavy (non-hydrogen) atoms. The average molecular weight is 296 g/mol. The fraction of sp³-hybridized carbons (Fsp3) is 0.875. The van der Waals surface area contributed by atoms with E-state index < -0.39 is 5.60 Å². The van der Waals surface area contributed by atoms with Crippen LogP contribution in [0.25, 0.3) is 0 Å². The Balaban J connectivity index is 1.86. The summed E-state index contributed by atoms with van der Waals surface area (Å²) in [5, 5.41) is 10.5. The molecule has 0 atom stereocenters. The van der Waals surface area contributed by atoms with E-state index >= 15 is 0 Å². The zero-order chi connectivity index (χ0) is 15.3. The van der Waals surface area contributed by atoms with E-state index in [1.165, 1.54) is 0 Å². The van der Waals surface area contributed by atoms with Crippen molar-refractivity contribution in [2.45, 2.75) is 63.9 Å². The Bertz CT molecular complexity index is 378. The predicted molar refractivity (Wildman–Crippen MR) is 80.7 cm³/mol. The van der Waals surface area contributed by atoms with Gasteiger partial charge in [0.2, 0.25) is 11.8 Å². The normalized spacial score (nSPS) is 22.8. The minimum absolute atomic E-state index is 0.0465. The van der Waals surface area contributed by atoms with Crippen molar-refractivity contribution in [3.63, 3.8) is 0 Å². The Morgan fingerprint density at radius 1 is 0.905 bits per heavy atom. The smallest absolute Gasteiger partial charge is 0.225 e. The Morgan fingerprint density at radius 3 is 2.05 bits per heavy atom. The van der Waals surface area contributed by atoms with Crippen LogP contribution in [0.3, 0.4) is 0 Å². The topological polar surface area (TPSA) is 60.9 Å². The Morgan fingerprint density at radius 2 is 1.48 bits per heavy atom. The van der Waals surface area contributed by atoms with Crippen molar-refractivity contribution in [3.8, 4) is 0 Å². The van der Waals surface area contributed by atoms with Crippen LogP contribution in [0.15, 0.2) is 0 Å². The highest BCUT2D eigenvalue weighted by Gasteiger charge is 2.33. The summed E-state index contributed by atoms with van der Waals surface area (Å²) in [5.74, 6) is 0.209. The van der Waals surface area contributed by atoms with Crippen molar-refractivity contribution in [2.24, 2.45) is 0 Å². The molecule has 120 valence electrons. The molecule has 5 heteroatoms. The lowest BCUT2D eigenvalue weighted by Crippen LogP contribution is -2.42. The Kier molecular flexibility index (Phi) is 5.62. The van der Waals surface area contributed by atoms with Gasteiger partial charge < -0.3 is 14.9 Å². The monoisotopic (exact) mass is 296 g/mol. The van der Waals surface area contributed by atoms with Gasteiger partial charge in [-0.05, 0) is 19.3 Å². The minimum atomic E-state index is -0.791. The van der Waals surface area contributed by atoms with Crippen molar-refractivity contribution in [1.82, 2.24) is 9.80 Å². The molecule has 0 radical (unpaired) electrons. The molecule has 1 aliphatic heterocycles. The lowest BCUT2D eigenvalue weighted by molar-refractivity contribution is -0.138. The van der Waals surface area contributed by atoms with Gasteiger partial charge in [-0.3, -0.25) is 9.59 Å². The molecule has 1 saturated heterocycles. The molecule has 5 nitrogen and oxygen atoms in total. The van der Waals surface area contributed by atoms with E-state index in [9.17, 15) is 14.7 Å². The van der Waals surface area contributed by atoms with Gasteiger partial charge in [-0.1, -0.05) is 26.2 Å². The molecule has 1 aliphatic carbocycles. The summed E-state index contributed by atoms with van der Waals surface area (Å²) in [6, 6.07) is 0. The molecule has 2 amide bonds. The summed E-state index contributed by atoms with van der Waals surface area (Å²) in [4.78, 5) is 27.9. The molecule has 2 rings (SSSR count). The molecule has 2 fully saturated rings. The van der Waals surface area contributed by atoms with Gasteiger partial charge in [0.25, 0.3) is 0 Å². The second-order valence-electron chi connectivity index (χ2n) is 6.43. The molecule has 0 aromatic heterocycles. The van der Waals surface area contributed by atoms with Crippen molar-refractivity contribution < 1.29 is 14.7 Å². The largest absolute Gasteiger partial charge is 0.389 e. The van der Waals surface area contributed by atoms with Gasteiger partial charge in [-0.2, -0.15) is 0 Å². The van der Waals surface area contributed by atoms with Crippen LogP contribution in [0.5, 0.6) is 0 Å². The van der Waals surface area contributed by atoms with Crippen molar-refractivity contribution in [3.05, 3.63) is 0 Å². The maximum Gasteiger partial charge on any atom is 0.225 e. The van der Waals surface area contributed by atoms with Crippen LogP contribution in [-0.4, -0.2) is 58.5 Å². The van der Waals surface area contributed by atoms with E-state index in [-0.39, 0.29) is 18.2 Å². The van der Waals surface area contributed by atoms with Crippen LogP contribution in [0, 0.1) is 0 Å². The highest BCUT2D eigenvalue weighted by molar-refractivity contribution is 5.78. The van der Waals surface area contributed by atoms with Crippen LogP contribution >= 0.6 is 0 Å². The third kappa shape index (κ3) is 4.43. The molecular weight excluding hydrogens is 268 g/mol. The zero-order valence-electron chi connectivity index (χ0n) is 13.1. The molecule has 0 spiro atoms. The SMILES string of the molecule is CCC(=O)N1CCCN(C(=O)CC2(O)CCCCC2)CC1. The van der Waals surface area contributed by atoms with Gasteiger partial charge in [-0.25, -0.2) is 0 Å². The highest BCUT2D eigenvalue weighted by atomic mass is 16.3. The predicted octanol–water partition coefficient (Wildman–Crippen LogP) is 1.54. The fourth-order valence-electron chi connectivity index (χ4n) is 3.42. The van der Waals surface area contributed by atoms with E-state index in [0.717, 1.165) is 45.1 Å². The maximum absolute atomic E-state index is 12.4. The number of hydrogen-bond donors (Lipinski definition) is 1. The molecule has 1 N–H and O–H groups in total. The molecule has 0 aromatic rings. The molecule has 0 aromatic carbocycles. The lowest BCUT2D eigenvalue weighted by atomic mass is 9.82. The first-order valence-corrected chi connectivity index (χ1v) is 8.32. The van der Waals surface area contributed by atoms with Gasteiger partial charge in [0.15, 0.2) is 0 Å². The second-order valence-corrected chi connectivity index (χ2v) is 6.43. The number of hydrogen-bond acceptors (Lipinski definition) is 3. The number of rotatable bonds is 3. The second kappa shape index (κ2) is 7.25. The summed E-state index contributed by atoms with van der Waals surface area (Å²) in [7, 11) is 0. The zero-order valence-corrected chi connectivity index (χ0v) is 13.1. The highest BCUT2D eigenvalue weighted by Crippen LogP contribution is 2.31. The van der Waals surface area contributed by atoms with Gasteiger partial charge >= 0.3 is 0 Å². The summed E-state index contributed by atoms with van der Waals surface area (Å²) in [6.45, 7) is 4.52. The minimum Gasteiger partial charge on any atom is -0.389 e. The quantitative estimate of drug-likeness (QED) is 0.859. The number of carbonyl (C=O) groups is 2. The summed E-state index contributed by atoms with van der Waals surface area (Å²) < 4.78 is 0. The molecular formula is C16H28N2O3. The molecule has 1 saturated carbocycles. The van der Waals surface area contributed by atoms with E-state index in [4.69, 9.17) is 0 Å². The van der Waals surface area contributed by atoms with Crippen molar-refractivity contribution in [2.75, 3.05) is 26.2 Å². The lowest BCUT2D eigenvalue weighted by Gasteiger charge is -2.33. The first kappa shape index (κ1) is 16.3. The van der Waals surface area contributed by atoms with Crippen LogP contribution in [0.2, 0.25) is 0 Å². The first-order valence-electron chi connectivity index (χ1n) is 8.32. The van der Waals surface area contributed by atoms with E-state index in [2.05, 4.69) is 0 Å². The number of aliphatic hydroxyl groups is 1. The van der Waals surface area contributed by atoms with Gasteiger partial charge in [0.05, 0.1) is 12.0 Å². The van der Waals surface area contributed by atoms with Crippen LogP contribution in [0.4, 0.5) is 0 Å². The summed E-state index contributed by atoms with van der Waals surface area (Å²) in [6.07, 6.45) is 6.28. The van der Waals surface area contributed by atoms with Crippen molar-refractivity contribution in [1.29, 1.82) is 0 Å².